The fourth-order valence-electron chi connectivity index (χ4n) is 2.09. The van der Waals surface area contributed by atoms with Gasteiger partial charge in [-0.15, -0.1) is 0 Å². The van der Waals surface area contributed by atoms with Crippen LogP contribution in [0.3, 0.4) is 0 Å². The van der Waals surface area contributed by atoms with E-state index in [0.29, 0.717) is 13.0 Å². The Kier molecular flexibility index (Phi) is 1.12. The van der Waals surface area contributed by atoms with Gasteiger partial charge in [0, 0.05) is 6.42 Å². The molecule has 0 amide bonds. The zero-order chi connectivity index (χ0) is 8.18. The number of hydrogen-bond acceptors (Lipinski definition) is 3. The van der Waals surface area contributed by atoms with Crippen molar-refractivity contribution in [2.45, 2.75) is 25.2 Å². The van der Waals surface area contributed by atoms with Crippen LogP contribution in [0, 0.1) is 5.41 Å². The molecule has 1 saturated heterocycles. The van der Waals surface area contributed by atoms with Crippen molar-refractivity contribution >= 4 is 5.78 Å². The summed E-state index contributed by atoms with van der Waals surface area (Å²) in [5.74, 6) is 0.268. The molecule has 3 heteroatoms. The Morgan fingerprint density at radius 1 is 1.58 bits per heavy atom. The summed E-state index contributed by atoms with van der Waals surface area (Å²) >= 11 is 0. The maximum Gasteiger partial charge on any atom is 0.174 e. The Labute approximate surface area is 70.3 Å². The second kappa shape index (κ2) is 1.98. The third-order valence-electron chi connectivity index (χ3n) is 3.02. The topological polar surface area (TPSA) is 35.5 Å². The summed E-state index contributed by atoms with van der Waals surface area (Å²) in [5.41, 5.74) is -0.396. The minimum atomic E-state index is -0.396. The third kappa shape index (κ3) is 0.619. The van der Waals surface area contributed by atoms with Gasteiger partial charge >= 0.3 is 0 Å². The van der Waals surface area contributed by atoms with Crippen molar-refractivity contribution < 1.29 is 14.3 Å². The Morgan fingerprint density at radius 3 is 3.17 bits per heavy atom. The van der Waals surface area contributed by atoms with E-state index in [1.165, 1.54) is 0 Å². The molecule has 1 saturated carbocycles. The number of ketones is 1. The van der Waals surface area contributed by atoms with E-state index in [4.69, 9.17) is 9.47 Å². The van der Waals surface area contributed by atoms with E-state index >= 15 is 0 Å². The standard InChI is InChI=1S/C9H10O3/c10-7-2-4-9(7)3-1-6-5-11-8(9)12-6/h1,3,6,8H,2,4-5H2. The van der Waals surface area contributed by atoms with Gasteiger partial charge in [0.1, 0.15) is 11.9 Å². The Bertz CT molecular complexity index is 271. The average Bonchev–Trinajstić information content (AvgIpc) is 2.47. The van der Waals surface area contributed by atoms with Crippen molar-refractivity contribution in [2.75, 3.05) is 6.61 Å². The first-order chi connectivity index (χ1) is 5.81. The summed E-state index contributed by atoms with van der Waals surface area (Å²) in [5, 5.41) is 0. The van der Waals surface area contributed by atoms with Crippen molar-refractivity contribution in [3.05, 3.63) is 12.2 Å². The molecule has 2 heterocycles. The highest BCUT2D eigenvalue weighted by atomic mass is 16.7. The molecule has 1 aliphatic carbocycles. The lowest BCUT2D eigenvalue weighted by molar-refractivity contribution is -0.172. The van der Waals surface area contributed by atoms with Gasteiger partial charge < -0.3 is 9.47 Å². The highest BCUT2D eigenvalue weighted by Gasteiger charge is 2.55. The van der Waals surface area contributed by atoms with Crippen LogP contribution in [-0.2, 0) is 14.3 Å². The molecule has 3 aliphatic rings. The molecule has 0 aromatic carbocycles. The van der Waals surface area contributed by atoms with Gasteiger partial charge in [0.2, 0.25) is 0 Å². The zero-order valence-electron chi connectivity index (χ0n) is 6.66. The van der Waals surface area contributed by atoms with Crippen molar-refractivity contribution in [3.8, 4) is 0 Å². The smallest absolute Gasteiger partial charge is 0.174 e. The molecule has 2 bridgehead atoms. The minimum absolute atomic E-state index is 0.0917. The fraction of sp³-hybridized carbons (Fsp3) is 0.667. The van der Waals surface area contributed by atoms with Gasteiger partial charge in [-0.25, -0.2) is 0 Å². The number of fused-ring (bicyclic) bond motifs is 3. The van der Waals surface area contributed by atoms with Crippen LogP contribution < -0.4 is 0 Å². The van der Waals surface area contributed by atoms with Gasteiger partial charge in [-0.2, -0.15) is 0 Å². The maximum absolute atomic E-state index is 11.4. The summed E-state index contributed by atoms with van der Waals surface area (Å²) in [4.78, 5) is 11.4. The molecule has 0 aromatic rings. The van der Waals surface area contributed by atoms with Gasteiger partial charge in [0.15, 0.2) is 6.29 Å². The molecule has 3 atom stereocenters. The second-order valence-electron chi connectivity index (χ2n) is 3.66. The van der Waals surface area contributed by atoms with Crippen molar-refractivity contribution in [1.29, 1.82) is 0 Å². The Morgan fingerprint density at radius 2 is 2.50 bits per heavy atom. The molecule has 3 nitrogen and oxygen atoms in total. The predicted molar refractivity (Wildman–Crippen MR) is 40.4 cm³/mol. The van der Waals surface area contributed by atoms with Gasteiger partial charge in [-0.05, 0) is 6.42 Å². The van der Waals surface area contributed by atoms with E-state index in [1.54, 1.807) is 0 Å². The van der Waals surface area contributed by atoms with Gasteiger partial charge in [0.05, 0.1) is 12.0 Å². The molecule has 2 aliphatic heterocycles. The van der Waals surface area contributed by atoms with Crippen molar-refractivity contribution in [1.82, 2.24) is 0 Å². The SMILES string of the molecule is O=C1CCC12C=CC1COC2O1. The van der Waals surface area contributed by atoms with E-state index in [9.17, 15) is 4.79 Å². The normalized spacial score (nSPS) is 49.8. The lowest BCUT2D eigenvalue weighted by atomic mass is 9.66. The third-order valence-corrected chi connectivity index (χ3v) is 3.02. The van der Waals surface area contributed by atoms with Crippen LogP contribution in [0.25, 0.3) is 0 Å². The Hall–Kier alpha value is -0.670. The molecule has 12 heavy (non-hydrogen) atoms. The van der Waals surface area contributed by atoms with E-state index in [0.717, 1.165) is 6.42 Å². The molecule has 0 radical (unpaired) electrons. The van der Waals surface area contributed by atoms with E-state index in [2.05, 4.69) is 0 Å². The second-order valence-corrected chi connectivity index (χ2v) is 3.66. The molecular weight excluding hydrogens is 156 g/mol. The largest absolute Gasteiger partial charge is 0.348 e. The highest BCUT2D eigenvalue weighted by Crippen LogP contribution is 2.48. The first-order valence-electron chi connectivity index (χ1n) is 4.31. The van der Waals surface area contributed by atoms with Crippen LogP contribution in [-0.4, -0.2) is 24.8 Å². The predicted octanol–water partition coefficient (Wildman–Crippen LogP) is 0.647. The van der Waals surface area contributed by atoms with Gasteiger partial charge in [-0.1, -0.05) is 12.2 Å². The maximum atomic E-state index is 11.4. The number of carbonyl (C=O) groups is 1. The first kappa shape index (κ1) is 6.80. The zero-order valence-corrected chi connectivity index (χ0v) is 6.66. The van der Waals surface area contributed by atoms with Crippen LogP contribution >= 0.6 is 0 Å². The molecule has 0 N–H and O–H groups in total. The lowest BCUT2D eigenvalue weighted by Crippen LogP contribution is -2.50. The minimum Gasteiger partial charge on any atom is -0.348 e. The molecule has 2 fully saturated rings. The highest BCUT2D eigenvalue weighted by molar-refractivity contribution is 5.93. The quantitative estimate of drug-likeness (QED) is 0.495. The van der Waals surface area contributed by atoms with E-state index < -0.39 is 5.41 Å². The summed E-state index contributed by atoms with van der Waals surface area (Å²) in [7, 11) is 0. The average molecular weight is 166 g/mol. The molecule has 64 valence electrons. The van der Waals surface area contributed by atoms with Crippen LogP contribution in [0.1, 0.15) is 12.8 Å². The molecule has 3 unspecified atom stereocenters. The first-order valence-corrected chi connectivity index (χ1v) is 4.31. The molecule has 1 spiro atoms. The van der Waals surface area contributed by atoms with Crippen LogP contribution in [0.2, 0.25) is 0 Å². The lowest BCUT2D eigenvalue weighted by Gasteiger charge is -2.42. The number of ether oxygens (including phenoxy) is 2. The molecule has 3 rings (SSSR count). The number of hydrogen-bond donors (Lipinski definition) is 0. The monoisotopic (exact) mass is 166 g/mol. The van der Waals surface area contributed by atoms with Crippen LogP contribution in [0.4, 0.5) is 0 Å². The number of carbonyl (C=O) groups excluding carboxylic acids is 1. The summed E-state index contributed by atoms with van der Waals surface area (Å²) in [6.07, 6.45) is 5.33. The van der Waals surface area contributed by atoms with Gasteiger partial charge in [-0.3, -0.25) is 4.79 Å². The molecular formula is C9H10O3. The van der Waals surface area contributed by atoms with Crippen molar-refractivity contribution in [3.63, 3.8) is 0 Å². The van der Waals surface area contributed by atoms with Crippen LogP contribution in [0.5, 0.6) is 0 Å². The summed E-state index contributed by atoms with van der Waals surface area (Å²) < 4.78 is 10.9. The number of Topliss-reactive ketones (excluding diaryl/α,β-unsaturated/α-hetero) is 1. The molecule has 0 aromatic heterocycles. The van der Waals surface area contributed by atoms with E-state index in [1.807, 2.05) is 12.2 Å². The number of rotatable bonds is 0. The fourth-order valence-corrected chi connectivity index (χ4v) is 2.09. The van der Waals surface area contributed by atoms with E-state index in [-0.39, 0.29) is 18.2 Å². The van der Waals surface area contributed by atoms with Gasteiger partial charge in [0.25, 0.3) is 0 Å². The summed E-state index contributed by atoms with van der Waals surface area (Å²) in [6.45, 7) is 0.607. The van der Waals surface area contributed by atoms with Crippen molar-refractivity contribution in [2.24, 2.45) is 5.41 Å². The Balaban J connectivity index is 2.01. The van der Waals surface area contributed by atoms with Crippen LogP contribution in [0.15, 0.2) is 12.2 Å². The summed E-state index contributed by atoms with van der Waals surface area (Å²) in [6, 6.07) is 0.